The van der Waals surface area contributed by atoms with Crippen molar-refractivity contribution in [3.05, 3.63) is 76.1 Å². The molecule has 3 rings (SSSR count). The minimum atomic E-state index is -0.176. The molecule has 1 aromatic heterocycles. The lowest BCUT2D eigenvalue weighted by molar-refractivity contribution is -0.121. The van der Waals surface area contributed by atoms with Crippen LogP contribution in [0.5, 0.6) is 0 Å². The van der Waals surface area contributed by atoms with Gasteiger partial charge < -0.3 is 14.8 Å². The van der Waals surface area contributed by atoms with Gasteiger partial charge in [-0.1, -0.05) is 36.4 Å². The highest BCUT2D eigenvalue weighted by molar-refractivity contribution is 5.81. The molecule has 1 heterocycles. The van der Waals surface area contributed by atoms with Crippen LogP contribution in [0.25, 0.3) is 10.9 Å². The molecule has 0 aliphatic carbocycles. The van der Waals surface area contributed by atoms with Gasteiger partial charge in [0.2, 0.25) is 11.3 Å². The first kappa shape index (κ1) is 20.7. The molecule has 29 heavy (non-hydrogen) atoms. The van der Waals surface area contributed by atoms with E-state index in [-0.39, 0.29) is 17.9 Å². The number of para-hydroxylation sites is 1. The van der Waals surface area contributed by atoms with E-state index < -0.39 is 0 Å². The molecule has 0 radical (unpaired) electrons. The van der Waals surface area contributed by atoms with E-state index in [2.05, 4.69) is 10.4 Å². The molecule has 152 valence electrons. The summed E-state index contributed by atoms with van der Waals surface area (Å²) in [5.74, 6) is -0.176. The number of carbonyl (C=O) groups excluding carboxylic acids is 1. The molecule has 1 N–H and O–H groups in total. The predicted octanol–water partition coefficient (Wildman–Crippen LogP) is 2.27. The molecule has 3 aromatic rings. The maximum atomic E-state index is 12.4. The Kier molecular flexibility index (Phi) is 7.49. The summed E-state index contributed by atoms with van der Waals surface area (Å²) in [4.78, 5) is 24.3. The lowest BCUT2D eigenvalue weighted by Crippen LogP contribution is -2.28. The van der Waals surface area contributed by atoms with Crippen LogP contribution >= 0.6 is 0 Å². The van der Waals surface area contributed by atoms with E-state index in [1.54, 1.807) is 18.2 Å². The summed E-state index contributed by atoms with van der Waals surface area (Å²) < 4.78 is 12.4. The van der Waals surface area contributed by atoms with Crippen LogP contribution in [0.15, 0.2) is 59.5 Å². The summed E-state index contributed by atoms with van der Waals surface area (Å²) in [6, 6.07) is 15.0. The predicted molar refractivity (Wildman–Crippen MR) is 110 cm³/mol. The van der Waals surface area contributed by atoms with Crippen LogP contribution < -0.4 is 10.7 Å². The van der Waals surface area contributed by atoms with Gasteiger partial charge in [-0.3, -0.25) is 14.3 Å². The molecule has 0 spiro atoms. The molecule has 7 nitrogen and oxygen atoms in total. The van der Waals surface area contributed by atoms with E-state index in [0.717, 1.165) is 11.1 Å². The third-order valence-corrected chi connectivity index (χ3v) is 4.38. The van der Waals surface area contributed by atoms with Gasteiger partial charge in [-0.2, -0.15) is 5.10 Å². The fourth-order valence-electron chi connectivity index (χ4n) is 2.96. The summed E-state index contributed by atoms with van der Waals surface area (Å²) in [6.07, 6.45) is 1.24. The standard InChI is InChI=1S/C22H25N3O4/c1-2-28-10-11-29-16-18-7-5-6-17(12-18)13-23-22(27)15-25-20-9-4-3-8-19(20)21(26)14-24-25/h3-9,12,14H,2,10-11,13,15-16H2,1H3,(H,23,27). The topological polar surface area (TPSA) is 82.4 Å². The van der Waals surface area contributed by atoms with E-state index in [9.17, 15) is 9.59 Å². The summed E-state index contributed by atoms with van der Waals surface area (Å²) in [5.41, 5.74) is 2.52. The third kappa shape index (κ3) is 5.97. The Hall–Kier alpha value is -3.03. The van der Waals surface area contributed by atoms with Crippen LogP contribution in [-0.2, 0) is 34.0 Å². The number of ether oxygens (including phenoxy) is 2. The number of benzene rings is 2. The highest BCUT2D eigenvalue weighted by Crippen LogP contribution is 2.09. The number of rotatable bonds is 10. The van der Waals surface area contributed by atoms with Crippen molar-refractivity contribution < 1.29 is 14.3 Å². The zero-order valence-electron chi connectivity index (χ0n) is 16.5. The van der Waals surface area contributed by atoms with E-state index in [1.807, 2.05) is 37.3 Å². The van der Waals surface area contributed by atoms with Gasteiger partial charge in [0.05, 0.1) is 31.5 Å². The highest BCUT2D eigenvalue weighted by Gasteiger charge is 2.08. The molecule has 0 atom stereocenters. The lowest BCUT2D eigenvalue weighted by atomic mass is 10.1. The Balaban J connectivity index is 1.54. The number of nitrogens with one attached hydrogen (secondary N) is 1. The van der Waals surface area contributed by atoms with Crippen molar-refractivity contribution in [2.45, 2.75) is 26.6 Å². The number of amides is 1. The van der Waals surface area contributed by atoms with Gasteiger partial charge >= 0.3 is 0 Å². The Morgan fingerprint density at radius 1 is 1.07 bits per heavy atom. The number of hydrogen-bond acceptors (Lipinski definition) is 5. The van der Waals surface area contributed by atoms with Gasteiger partial charge in [0.25, 0.3) is 0 Å². The van der Waals surface area contributed by atoms with Crippen LogP contribution in [0, 0.1) is 0 Å². The molecule has 2 aromatic carbocycles. The number of nitrogens with zero attached hydrogens (tertiary/aromatic N) is 2. The van der Waals surface area contributed by atoms with E-state index in [0.29, 0.717) is 43.9 Å². The van der Waals surface area contributed by atoms with E-state index >= 15 is 0 Å². The van der Waals surface area contributed by atoms with Crippen LogP contribution in [0.1, 0.15) is 18.1 Å². The number of hydrogen-bond donors (Lipinski definition) is 1. The first-order valence-electron chi connectivity index (χ1n) is 9.62. The Morgan fingerprint density at radius 3 is 2.72 bits per heavy atom. The minimum absolute atomic E-state index is 0.0427. The number of fused-ring (bicyclic) bond motifs is 1. The maximum absolute atomic E-state index is 12.4. The Morgan fingerprint density at radius 2 is 1.86 bits per heavy atom. The molecule has 1 amide bonds. The van der Waals surface area contributed by atoms with E-state index in [4.69, 9.17) is 9.47 Å². The van der Waals surface area contributed by atoms with Crippen molar-refractivity contribution >= 4 is 16.8 Å². The first-order chi connectivity index (χ1) is 14.2. The van der Waals surface area contributed by atoms with Crippen molar-refractivity contribution in [1.82, 2.24) is 15.1 Å². The van der Waals surface area contributed by atoms with Crippen LogP contribution in [0.4, 0.5) is 0 Å². The van der Waals surface area contributed by atoms with Gasteiger partial charge in [0.1, 0.15) is 6.54 Å². The van der Waals surface area contributed by atoms with Gasteiger partial charge in [-0.25, -0.2) is 0 Å². The monoisotopic (exact) mass is 395 g/mol. The fraction of sp³-hybridized carbons (Fsp3) is 0.318. The second kappa shape index (κ2) is 10.5. The molecular weight excluding hydrogens is 370 g/mol. The van der Waals surface area contributed by atoms with Gasteiger partial charge in [0, 0.05) is 18.5 Å². The van der Waals surface area contributed by atoms with E-state index in [1.165, 1.54) is 10.9 Å². The van der Waals surface area contributed by atoms with Crippen LogP contribution in [0.2, 0.25) is 0 Å². The molecule has 0 unspecified atom stereocenters. The Labute approximate surface area is 169 Å². The van der Waals surface area contributed by atoms with Gasteiger partial charge in [0.15, 0.2) is 0 Å². The molecule has 0 saturated carbocycles. The number of carbonyl (C=O) groups is 1. The van der Waals surface area contributed by atoms with Crippen molar-refractivity contribution in [2.24, 2.45) is 0 Å². The summed E-state index contributed by atoms with van der Waals surface area (Å²) in [7, 11) is 0. The molecule has 0 fully saturated rings. The molecule has 0 bridgehead atoms. The Bertz CT molecular complexity index is 1020. The summed E-state index contributed by atoms with van der Waals surface area (Å²) >= 11 is 0. The van der Waals surface area contributed by atoms with Crippen LogP contribution in [0.3, 0.4) is 0 Å². The van der Waals surface area contributed by atoms with Crippen LogP contribution in [-0.4, -0.2) is 35.5 Å². The average Bonchev–Trinajstić information content (AvgIpc) is 2.75. The average molecular weight is 395 g/mol. The second-order valence-corrected chi connectivity index (χ2v) is 6.53. The second-order valence-electron chi connectivity index (χ2n) is 6.53. The maximum Gasteiger partial charge on any atom is 0.242 e. The zero-order chi connectivity index (χ0) is 20.5. The van der Waals surface area contributed by atoms with Gasteiger partial charge in [-0.15, -0.1) is 0 Å². The normalized spacial score (nSPS) is 10.9. The van der Waals surface area contributed by atoms with Crippen molar-refractivity contribution in [1.29, 1.82) is 0 Å². The third-order valence-electron chi connectivity index (χ3n) is 4.38. The fourth-order valence-corrected chi connectivity index (χ4v) is 2.96. The largest absolute Gasteiger partial charge is 0.379 e. The molecule has 0 saturated heterocycles. The SMILES string of the molecule is CCOCCOCc1cccc(CNC(=O)Cn2ncc(=O)c3ccccc32)c1. The molecular formula is C22H25N3O4. The minimum Gasteiger partial charge on any atom is -0.379 e. The van der Waals surface area contributed by atoms with Gasteiger partial charge in [-0.05, 0) is 30.2 Å². The summed E-state index contributed by atoms with van der Waals surface area (Å²) in [6.45, 7) is 4.72. The molecule has 7 heteroatoms. The summed E-state index contributed by atoms with van der Waals surface area (Å²) in [5, 5.41) is 7.53. The molecule has 0 aliphatic heterocycles. The lowest BCUT2D eigenvalue weighted by Gasteiger charge is -2.11. The zero-order valence-corrected chi connectivity index (χ0v) is 16.5. The highest BCUT2D eigenvalue weighted by atomic mass is 16.5. The van der Waals surface area contributed by atoms with Crippen molar-refractivity contribution in [3.8, 4) is 0 Å². The smallest absolute Gasteiger partial charge is 0.242 e. The number of aromatic nitrogens is 2. The molecule has 0 aliphatic rings. The quantitative estimate of drug-likeness (QED) is 0.533. The first-order valence-corrected chi connectivity index (χ1v) is 9.62. The van der Waals surface area contributed by atoms with Crippen molar-refractivity contribution in [2.75, 3.05) is 19.8 Å². The van der Waals surface area contributed by atoms with Crippen molar-refractivity contribution in [3.63, 3.8) is 0 Å².